The molecule has 0 aliphatic heterocycles. The summed E-state index contributed by atoms with van der Waals surface area (Å²) in [4.78, 5) is 2.74. The molecule has 1 heterocycles. The fraction of sp³-hybridized carbons (Fsp3) is 0.375. The molecule has 0 aliphatic rings. The summed E-state index contributed by atoms with van der Waals surface area (Å²) in [5, 5.41) is 3.36. The van der Waals surface area contributed by atoms with E-state index in [1.165, 1.54) is 15.3 Å². The van der Waals surface area contributed by atoms with Crippen molar-refractivity contribution in [1.82, 2.24) is 5.32 Å². The van der Waals surface area contributed by atoms with E-state index in [9.17, 15) is 0 Å². The van der Waals surface area contributed by atoms with Crippen molar-refractivity contribution in [2.24, 2.45) is 0 Å². The maximum atomic E-state index is 5.81. The molecule has 0 amide bonds. The molecule has 1 atom stereocenters. The number of nitrogens with one attached hydrogen (secondary N) is 1. The van der Waals surface area contributed by atoms with E-state index in [0.29, 0.717) is 6.04 Å². The third-order valence-corrected chi connectivity index (χ3v) is 4.23. The molecule has 0 radical (unpaired) electrons. The van der Waals surface area contributed by atoms with E-state index < -0.39 is 0 Å². The molecule has 0 aliphatic carbocycles. The maximum absolute atomic E-state index is 5.81. The monoisotopic (exact) mass is 275 g/mol. The van der Waals surface area contributed by atoms with Crippen LogP contribution in [0.2, 0.25) is 0 Å². The zero-order valence-electron chi connectivity index (χ0n) is 11.8. The standard InChI is InChI=1S/C16H21NOS/c1-12-5-4-6-14(11-12)18-10-9-15(17-3)16-8-7-13(2)19-16/h4-8,11,15,17H,9-10H2,1-3H3. The second kappa shape index (κ2) is 6.73. The van der Waals surface area contributed by atoms with Crippen LogP contribution in [0.4, 0.5) is 0 Å². The SMILES string of the molecule is CNC(CCOc1cccc(C)c1)c1ccc(C)s1. The lowest BCUT2D eigenvalue weighted by molar-refractivity contribution is 0.291. The van der Waals surface area contributed by atoms with Crippen LogP contribution in [0.1, 0.15) is 27.8 Å². The molecule has 0 spiro atoms. The summed E-state index contributed by atoms with van der Waals surface area (Å²) in [6.07, 6.45) is 0.977. The van der Waals surface area contributed by atoms with Crippen LogP contribution in [-0.4, -0.2) is 13.7 Å². The van der Waals surface area contributed by atoms with E-state index in [0.717, 1.165) is 18.8 Å². The Labute approximate surface area is 119 Å². The van der Waals surface area contributed by atoms with Gasteiger partial charge in [0.25, 0.3) is 0 Å². The minimum Gasteiger partial charge on any atom is -0.494 e. The van der Waals surface area contributed by atoms with Crippen molar-refractivity contribution < 1.29 is 4.74 Å². The van der Waals surface area contributed by atoms with Crippen LogP contribution < -0.4 is 10.1 Å². The van der Waals surface area contributed by atoms with Gasteiger partial charge in [0, 0.05) is 22.2 Å². The summed E-state index contributed by atoms with van der Waals surface area (Å²) in [5.41, 5.74) is 1.23. The number of hydrogen-bond donors (Lipinski definition) is 1. The number of aryl methyl sites for hydroxylation is 2. The highest BCUT2D eigenvalue weighted by Crippen LogP contribution is 2.25. The summed E-state index contributed by atoms with van der Waals surface area (Å²) >= 11 is 1.85. The van der Waals surface area contributed by atoms with Gasteiger partial charge >= 0.3 is 0 Å². The van der Waals surface area contributed by atoms with Gasteiger partial charge < -0.3 is 10.1 Å². The van der Waals surface area contributed by atoms with Crippen molar-refractivity contribution in [3.05, 3.63) is 51.7 Å². The van der Waals surface area contributed by atoms with E-state index in [1.54, 1.807) is 0 Å². The second-order valence-corrected chi connectivity index (χ2v) is 6.06. The van der Waals surface area contributed by atoms with Gasteiger partial charge in [0.05, 0.1) is 6.61 Å². The van der Waals surface area contributed by atoms with Gasteiger partial charge in [0.1, 0.15) is 5.75 Å². The van der Waals surface area contributed by atoms with Crippen molar-refractivity contribution in [3.63, 3.8) is 0 Å². The largest absolute Gasteiger partial charge is 0.494 e. The highest BCUT2D eigenvalue weighted by molar-refractivity contribution is 7.12. The molecule has 2 nitrogen and oxygen atoms in total. The fourth-order valence-corrected chi connectivity index (χ4v) is 3.09. The number of benzene rings is 1. The van der Waals surface area contributed by atoms with Gasteiger partial charge in [-0.05, 0) is 50.7 Å². The third kappa shape index (κ3) is 4.08. The number of thiophene rings is 1. The molecule has 0 fully saturated rings. The van der Waals surface area contributed by atoms with Crippen LogP contribution in [0, 0.1) is 13.8 Å². The Morgan fingerprint density at radius 3 is 2.68 bits per heavy atom. The van der Waals surface area contributed by atoms with Gasteiger partial charge in [0.2, 0.25) is 0 Å². The van der Waals surface area contributed by atoms with Crippen LogP contribution >= 0.6 is 11.3 Å². The van der Waals surface area contributed by atoms with Gasteiger partial charge in [-0.2, -0.15) is 0 Å². The lowest BCUT2D eigenvalue weighted by Gasteiger charge is -2.15. The summed E-state index contributed by atoms with van der Waals surface area (Å²) in [7, 11) is 2.01. The minimum absolute atomic E-state index is 0.378. The van der Waals surface area contributed by atoms with E-state index >= 15 is 0 Å². The molecule has 1 aromatic carbocycles. The quantitative estimate of drug-likeness (QED) is 0.857. The van der Waals surface area contributed by atoms with Crippen molar-refractivity contribution >= 4 is 11.3 Å². The van der Waals surface area contributed by atoms with E-state index in [2.05, 4.69) is 43.4 Å². The van der Waals surface area contributed by atoms with Gasteiger partial charge in [-0.15, -0.1) is 11.3 Å². The van der Waals surface area contributed by atoms with E-state index in [-0.39, 0.29) is 0 Å². The highest BCUT2D eigenvalue weighted by atomic mass is 32.1. The summed E-state index contributed by atoms with van der Waals surface area (Å²) in [6, 6.07) is 12.9. The Kier molecular flexibility index (Phi) is 5.00. The predicted octanol–water partition coefficient (Wildman–Crippen LogP) is 4.09. The topological polar surface area (TPSA) is 21.3 Å². The molecule has 0 bridgehead atoms. The Bertz CT molecular complexity index is 521. The average Bonchev–Trinajstić information content (AvgIpc) is 2.81. The first-order valence-corrected chi connectivity index (χ1v) is 7.44. The normalized spacial score (nSPS) is 12.4. The first kappa shape index (κ1) is 14.1. The predicted molar refractivity (Wildman–Crippen MR) is 82.1 cm³/mol. The molecular formula is C16H21NOS. The lowest BCUT2D eigenvalue weighted by Crippen LogP contribution is -2.18. The lowest BCUT2D eigenvalue weighted by atomic mass is 10.2. The molecular weight excluding hydrogens is 254 g/mol. The molecule has 1 N–H and O–H groups in total. The van der Waals surface area contributed by atoms with Gasteiger partial charge in [-0.1, -0.05) is 12.1 Å². The van der Waals surface area contributed by atoms with Crippen molar-refractivity contribution in [2.45, 2.75) is 26.3 Å². The zero-order valence-corrected chi connectivity index (χ0v) is 12.6. The zero-order chi connectivity index (χ0) is 13.7. The fourth-order valence-electron chi connectivity index (χ4n) is 2.07. The molecule has 102 valence electrons. The van der Waals surface area contributed by atoms with Crippen LogP contribution in [0.15, 0.2) is 36.4 Å². The van der Waals surface area contributed by atoms with Crippen LogP contribution in [0.25, 0.3) is 0 Å². The van der Waals surface area contributed by atoms with Gasteiger partial charge in [-0.3, -0.25) is 0 Å². The third-order valence-electron chi connectivity index (χ3n) is 3.12. The van der Waals surface area contributed by atoms with Crippen molar-refractivity contribution in [2.75, 3.05) is 13.7 Å². The average molecular weight is 275 g/mol. The maximum Gasteiger partial charge on any atom is 0.119 e. The van der Waals surface area contributed by atoms with Gasteiger partial charge in [0.15, 0.2) is 0 Å². The minimum atomic E-state index is 0.378. The van der Waals surface area contributed by atoms with Crippen LogP contribution in [-0.2, 0) is 0 Å². The summed E-state index contributed by atoms with van der Waals surface area (Å²) in [5.74, 6) is 0.956. The van der Waals surface area contributed by atoms with Crippen molar-refractivity contribution in [3.8, 4) is 5.75 Å². The molecule has 19 heavy (non-hydrogen) atoms. The molecule has 2 rings (SSSR count). The summed E-state index contributed by atoms with van der Waals surface area (Å²) in [6.45, 7) is 4.95. The molecule has 0 saturated carbocycles. The summed E-state index contributed by atoms with van der Waals surface area (Å²) < 4.78 is 5.81. The van der Waals surface area contributed by atoms with Crippen LogP contribution in [0.5, 0.6) is 5.75 Å². The van der Waals surface area contributed by atoms with E-state index in [4.69, 9.17) is 4.74 Å². The molecule has 3 heteroatoms. The molecule has 0 saturated heterocycles. The Morgan fingerprint density at radius 2 is 2.05 bits per heavy atom. The Hall–Kier alpha value is -1.32. The number of ether oxygens (including phenoxy) is 1. The van der Waals surface area contributed by atoms with Crippen molar-refractivity contribution in [1.29, 1.82) is 0 Å². The highest BCUT2D eigenvalue weighted by Gasteiger charge is 2.11. The molecule has 1 aromatic heterocycles. The van der Waals surface area contributed by atoms with E-state index in [1.807, 2.05) is 30.5 Å². The smallest absolute Gasteiger partial charge is 0.119 e. The number of rotatable bonds is 6. The number of hydrogen-bond acceptors (Lipinski definition) is 3. The first-order valence-electron chi connectivity index (χ1n) is 6.62. The Morgan fingerprint density at radius 1 is 1.21 bits per heavy atom. The molecule has 1 unspecified atom stereocenters. The second-order valence-electron chi connectivity index (χ2n) is 4.74. The van der Waals surface area contributed by atoms with Gasteiger partial charge in [-0.25, -0.2) is 0 Å². The first-order chi connectivity index (χ1) is 9.19. The van der Waals surface area contributed by atoms with Crippen LogP contribution in [0.3, 0.4) is 0 Å². The molecule has 2 aromatic rings. The Balaban J connectivity index is 1.87.